The molecule has 1 fully saturated rings. The number of aromatic amines is 1. The summed E-state index contributed by atoms with van der Waals surface area (Å²) >= 11 is 3.59. The molecule has 3 rings (SSSR count). The van der Waals surface area contributed by atoms with Gasteiger partial charge in [0.2, 0.25) is 0 Å². The summed E-state index contributed by atoms with van der Waals surface area (Å²) in [4.78, 5) is 3.47. The number of benzene rings is 1. The Morgan fingerprint density at radius 2 is 2.19 bits per heavy atom. The van der Waals surface area contributed by atoms with Crippen LogP contribution in [0.25, 0.3) is 10.9 Å². The van der Waals surface area contributed by atoms with Crippen molar-refractivity contribution in [3.05, 3.63) is 33.9 Å². The first-order chi connectivity index (χ1) is 7.68. The molecule has 84 valence electrons. The topological polar surface area (TPSA) is 41.8 Å². The third-order valence-corrected chi connectivity index (χ3v) is 4.41. The summed E-state index contributed by atoms with van der Waals surface area (Å²) in [6, 6.07) is 6.36. The first-order valence-electron chi connectivity index (χ1n) is 5.65. The summed E-state index contributed by atoms with van der Waals surface area (Å²) in [6.07, 6.45) is 2.45. The fourth-order valence-corrected chi connectivity index (χ4v) is 3.17. The van der Waals surface area contributed by atoms with Crippen molar-refractivity contribution in [3.8, 4) is 0 Å². The Morgan fingerprint density at radius 1 is 1.44 bits per heavy atom. The van der Waals surface area contributed by atoms with Crippen molar-refractivity contribution >= 4 is 26.8 Å². The van der Waals surface area contributed by atoms with Gasteiger partial charge >= 0.3 is 0 Å². The smallest absolute Gasteiger partial charge is 0.0603 e. The van der Waals surface area contributed by atoms with Gasteiger partial charge in [0.15, 0.2) is 0 Å². The Kier molecular flexibility index (Phi) is 2.17. The monoisotopic (exact) mass is 278 g/mol. The molecule has 3 heteroatoms. The number of rotatable bonds is 2. The van der Waals surface area contributed by atoms with E-state index in [0.717, 1.165) is 11.0 Å². The highest BCUT2D eigenvalue weighted by molar-refractivity contribution is 9.10. The largest absolute Gasteiger partial charge is 0.357 e. The third-order valence-electron chi connectivity index (χ3n) is 3.75. The molecule has 1 heterocycles. The third kappa shape index (κ3) is 1.28. The summed E-state index contributed by atoms with van der Waals surface area (Å²) < 4.78 is 1.13. The van der Waals surface area contributed by atoms with Gasteiger partial charge in [0.05, 0.1) is 5.52 Å². The molecule has 0 radical (unpaired) electrons. The van der Waals surface area contributed by atoms with Gasteiger partial charge in [-0.1, -0.05) is 12.1 Å². The van der Waals surface area contributed by atoms with Crippen molar-refractivity contribution in [3.63, 3.8) is 0 Å². The van der Waals surface area contributed by atoms with Gasteiger partial charge in [0.1, 0.15) is 0 Å². The number of aromatic nitrogens is 1. The van der Waals surface area contributed by atoms with Crippen molar-refractivity contribution in [1.82, 2.24) is 4.98 Å². The Morgan fingerprint density at radius 3 is 2.81 bits per heavy atom. The van der Waals surface area contributed by atoms with Gasteiger partial charge in [-0.25, -0.2) is 0 Å². The summed E-state index contributed by atoms with van der Waals surface area (Å²) in [6.45, 7) is 2.91. The zero-order valence-corrected chi connectivity index (χ0v) is 10.9. The van der Waals surface area contributed by atoms with Crippen molar-refractivity contribution < 1.29 is 0 Å². The van der Waals surface area contributed by atoms with Crippen molar-refractivity contribution in [2.24, 2.45) is 5.73 Å². The van der Waals surface area contributed by atoms with Crippen LogP contribution >= 0.6 is 15.9 Å². The summed E-state index contributed by atoms with van der Waals surface area (Å²) in [5, 5.41) is 1.33. The molecule has 0 saturated heterocycles. The fourth-order valence-electron chi connectivity index (χ4n) is 2.70. The first-order valence-corrected chi connectivity index (χ1v) is 6.44. The predicted octanol–water partition coefficient (Wildman–Crippen LogP) is 3.23. The standard InChI is InChI=1S/C13H15BrN2/c1-8-11(13(7-15)5-6-13)9-3-2-4-10(14)12(9)16-8/h2-4,16H,5-7,15H2,1H3. The van der Waals surface area contributed by atoms with E-state index in [4.69, 9.17) is 5.73 Å². The number of fused-ring (bicyclic) bond motifs is 1. The molecule has 1 aromatic heterocycles. The van der Waals surface area contributed by atoms with Gasteiger partial charge in [0, 0.05) is 27.5 Å². The van der Waals surface area contributed by atoms with Gasteiger partial charge in [-0.3, -0.25) is 0 Å². The number of nitrogens with two attached hydrogens (primary N) is 1. The van der Waals surface area contributed by atoms with E-state index in [1.54, 1.807) is 0 Å². The number of H-pyrrole nitrogens is 1. The summed E-state index contributed by atoms with van der Waals surface area (Å²) in [5.41, 5.74) is 10.1. The Bertz CT molecular complexity index is 552. The average molecular weight is 279 g/mol. The van der Waals surface area contributed by atoms with Gasteiger partial charge in [-0.15, -0.1) is 0 Å². The van der Waals surface area contributed by atoms with Crippen LogP contribution in [0.2, 0.25) is 0 Å². The maximum Gasteiger partial charge on any atom is 0.0603 e. The zero-order valence-electron chi connectivity index (χ0n) is 9.31. The molecule has 1 aliphatic carbocycles. The lowest BCUT2D eigenvalue weighted by Crippen LogP contribution is -2.20. The Balaban J connectivity index is 2.32. The van der Waals surface area contributed by atoms with E-state index >= 15 is 0 Å². The van der Waals surface area contributed by atoms with Crippen LogP contribution in [0.4, 0.5) is 0 Å². The van der Waals surface area contributed by atoms with E-state index in [1.165, 1.54) is 35.0 Å². The molecule has 16 heavy (non-hydrogen) atoms. The number of hydrogen-bond acceptors (Lipinski definition) is 1. The quantitative estimate of drug-likeness (QED) is 0.870. The van der Waals surface area contributed by atoms with Crippen LogP contribution in [-0.4, -0.2) is 11.5 Å². The predicted molar refractivity (Wildman–Crippen MR) is 70.7 cm³/mol. The van der Waals surface area contributed by atoms with Crippen LogP contribution < -0.4 is 5.73 Å². The summed E-state index contributed by atoms with van der Waals surface area (Å²) in [5.74, 6) is 0. The number of aryl methyl sites for hydroxylation is 1. The van der Waals surface area contributed by atoms with Crippen LogP contribution in [0.5, 0.6) is 0 Å². The van der Waals surface area contributed by atoms with Gasteiger partial charge in [-0.05, 0) is 47.3 Å². The number of nitrogens with one attached hydrogen (secondary N) is 1. The highest BCUT2D eigenvalue weighted by Crippen LogP contribution is 2.51. The molecular formula is C13H15BrN2. The summed E-state index contributed by atoms with van der Waals surface area (Å²) in [7, 11) is 0. The average Bonchev–Trinajstić information content (AvgIpc) is 2.97. The van der Waals surface area contributed by atoms with E-state index in [1.807, 2.05) is 0 Å². The second-order valence-corrected chi connectivity index (χ2v) is 5.63. The minimum absolute atomic E-state index is 0.253. The molecule has 0 atom stereocenters. The van der Waals surface area contributed by atoms with Crippen LogP contribution in [0.15, 0.2) is 22.7 Å². The number of para-hydroxylation sites is 1. The Hall–Kier alpha value is -0.800. The highest BCUT2D eigenvalue weighted by Gasteiger charge is 2.45. The molecule has 3 N–H and O–H groups in total. The SMILES string of the molecule is Cc1[nH]c2c(Br)cccc2c1C1(CN)CC1. The van der Waals surface area contributed by atoms with E-state index in [0.29, 0.717) is 0 Å². The molecule has 2 nitrogen and oxygen atoms in total. The van der Waals surface area contributed by atoms with E-state index in [2.05, 4.69) is 46.0 Å². The van der Waals surface area contributed by atoms with E-state index < -0.39 is 0 Å². The van der Waals surface area contributed by atoms with Gasteiger partial charge in [-0.2, -0.15) is 0 Å². The van der Waals surface area contributed by atoms with Gasteiger partial charge < -0.3 is 10.7 Å². The molecule has 0 spiro atoms. The zero-order chi connectivity index (χ0) is 11.3. The van der Waals surface area contributed by atoms with Crippen LogP contribution in [0.3, 0.4) is 0 Å². The lowest BCUT2D eigenvalue weighted by Gasteiger charge is -2.12. The van der Waals surface area contributed by atoms with Crippen LogP contribution in [0, 0.1) is 6.92 Å². The van der Waals surface area contributed by atoms with Crippen molar-refractivity contribution in [1.29, 1.82) is 0 Å². The molecular weight excluding hydrogens is 264 g/mol. The molecule has 0 amide bonds. The lowest BCUT2D eigenvalue weighted by atomic mass is 9.93. The second kappa shape index (κ2) is 3.34. The molecule has 1 aliphatic rings. The molecule has 0 aliphatic heterocycles. The minimum Gasteiger partial charge on any atom is -0.357 e. The molecule has 0 bridgehead atoms. The van der Waals surface area contributed by atoms with Crippen LogP contribution in [-0.2, 0) is 5.41 Å². The Labute approximate surface area is 103 Å². The number of hydrogen-bond donors (Lipinski definition) is 2. The first kappa shape index (κ1) is 10.4. The fraction of sp³-hybridized carbons (Fsp3) is 0.385. The van der Waals surface area contributed by atoms with Crippen molar-refractivity contribution in [2.75, 3.05) is 6.54 Å². The maximum atomic E-state index is 5.93. The highest BCUT2D eigenvalue weighted by atomic mass is 79.9. The van der Waals surface area contributed by atoms with E-state index in [-0.39, 0.29) is 5.41 Å². The van der Waals surface area contributed by atoms with Gasteiger partial charge in [0.25, 0.3) is 0 Å². The van der Waals surface area contributed by atoms with E-state index in [9.17, 15) is 0 Å². The normalized spacial score (nSPS) is 17.9. The molecule has 0 unspecified atom stereocenters. The molecule has 1 aromatic carbocycles. The molecule has 1 saturated carbocycles. The minimum atomic E-state index is 0.253. The maximum absolute atomic E-state index is 5.93. The van der Waals surface area contributed by atoms with Crippen LogP contribution in [0.1, 0.15) is 24.1 Å². The second-order valence-electron chi connectivity index (χ2n) is 4.77. The number of halogens is 1. The van der Waals surface area contributed by atoms with Crippen molar-refractivity contribution in [2.45, 2.75) is 25.2 Å². The lowest BCUT2D eigenvalue weighted by molar-refractivity contribution is 0.705. The molecule has 2 aromatic rings.